The van der Waals surface area contributed by atoms with Crippen molar-refractivity contribution in [3.05, 3.63) is 28.2 Å². The van der Waals surface area contributed by atoms with Crippen molar-refractivity contribution in [2.75, 3.05) is 0 Å². The minimum atomic E-state index is -0.392. The highest BCUT2D eigenvalue weighted by molar-refractivity contribution is 9.10. The molecule has 0 saturated heterocycles. The molecule has 1 aromatic rings. The zero-order chi connectivity index (χ0) is 13.5. The summed E-state index contributed by atoms with van der Waals surface area (Å²) in [5, 5.41) is 10.5. The van der Waals surface area contributed by atoms with Gasteiger partial charge in [0.25, 0.3) is 0 Å². The molecule has 3 atom stereocenters. The predicted molar refractivity (Wildman–Crippen MR) is 79.3 cm³/mol. The molecule has 0 bridgehead atoms. The Bertz CT molecular complexity index is 474. The summed E-state index contributed by atoms with van der Waals surface area (Å²) in [7, 11) is 0. The fourth-order valence-electron chi connectivity index (χ4n) is 3.68. The van der Waals surface area contributed by atoms with Gasteiger partial charge in [0.2, 0.25) is 0 Å². The van der Waals surface area contributed by atoms with Gasteiger partial charge in [0.05, 0.1) is 6.10 Å². The smallest absolute Gasteiger partial charge is 0.126 e. The van der Waals surface area contributed by atoms with Gasteiger partial charge >= 0.3 is 0 Å². The van der Waals surface area contributed by atoms with Gasteiger partial charge in [-0.15, -0.1) is 0 Å². The van der Waals surface area contributed by atoms with Crippen molar-refractivity contribution in [1.29, 1.82) is 0 Å². The third kappa shape index (κ3) is 2.55. The lowest BCUT2D eigenvalue weighted by molar-refractivity contribution is -0.0521. The van der Waals surface area contributed by atoms with Crippen LogP contribution < -0.4 is 4.74 Å². The number of halogens is 1. The SMILES string of the molecule is CCC1CCCC2(C1)C[C@H](O)c1cc(Br)ccc1O2. The van der Waals surface area contributed by atoms with Crippen LogP contribution in [0.4, 0.5) is 0 Å². The zero-order valence-corrected chi connectivity index (χ0v) is 12.9. The van der Waals surface area contributed by atoms with Gasteiger partial charge in [0.15, 0.2) is 0 Å². The molecule has 19 heavy (non-hydrogen) atoms. The standard InChI is InChI=1S/C16H21BrO2/c1-2-11-4-3-7-16(9-11)10-14(18)13-8-12(17)5-6-15(13)19-16/h5-6,8,11,14,18H,2-4,7,9-10H2,1H3/t11?,14-,16?/m0/s1. The summed E-state index contributed by atoms with van der Waals surface area (Å²) >= 11 is 3.46. The van der Waals surface area contributed by atoms with E-state index in [0.29, 0.717) is 0 Å². The van der Waals surface area contributed by atoms with Gasteiger partial charge < -0.3 is 9.84 Å². The van der Waals surface area contributed by atoms with Crippen LogP contribution in [0.1, 0.15) is 57.1 Å². The first-order valence-corrected chi connectivity index (χ1v) is 8.08. The van der Waals surface area contributed by atoms with Crippen LogP contribution in [-0.2, 0) is 0 Å². The molecular formula is C16H21BrO2. The Kier molecular flexibility index (Phi) is 3.61. The molecule has 2 aliphatic rings. The lowest BCUT2D eigenvalue weighted by atomic mass is 9.72. The van der Waals surface area contributed by atoms with Crippen molar-refractivity contribution < 1.29 is 9.84 Å². The van der Waals surface area contributed by atoms with Crippen LogP contribution in [-0.4, -0.2) is 10.7 Å². The summed E-state index contributed by atoms with van der Waals surface area (Å²) in [4.78, 5) is 0. The number of fused-ring (bicyclic) bond motifs is 1. The second-order valence-electron chi connectivity index (χ2n) is 6.06. The van der Waals surface area contributed by atoms with Crippen LogP contribution >= 0.6 is 15.9 Å². The first kappa shape index (κ1) is 13.4. The van der Waals surface area contributed by atoms with Crippen molar-refractivity contribution in [2.45, 2.75) is 57.2 Å². The molecule has 1 saturated carbocycles. The summed E-state index contributed by atoms with van der Waals surface area (Å²) in [6, 6.07) is 5.96. The molecular weight excluding hydrogens is 304 g/mol. The minimum Gasteiger partial charge on any atom is -0.487 e. The molecule has 0 amide bonds. The zero-order valence-electron chi connectivity index (χ0n) is 11.4. The van der Waals surface area contributed by atoms with Gasteiger partial charge in [-0.05, 0) is 43.4 Å². The average molecular weight is 325 g/mol. The third-order valence-electron chi connectivity index (χ3n) is 4.71. The molecule has 1 N–H and O–H groups in total. The molecule has 1 aromatic carbocycles. The Morgan fingerprint density at radius 2 is 2.26 bits per heavy atom. The van der Waals surface area contributed by atoms with Gasteiger partial charge in [-0.2, -0.15) is 0 Å². The van der Waals surface area contributed by atoms with Crippen LogP contribution in [0.15, 0.2) is 22.7 Å². The number of aliphatic hydroxyl groups is 1. The molecule has 2 unspecified atom stereocenters. The molecule has 1 aliphatic carbocycles. The van der Waals surface area contributed by atoms with Gasteiger partial charge in [0.1, 0.15) is 11.4 Å². The number of benzene rings is 1. The Morgan fingerprint density at radius 3 is 3.05 bits per heavy atom. The molecule has 1 heterocycles. The van der Waals surface area contributed by atoms with Crippen molar-refractivity contribution in [1.82, 2.24) is 0 Å². The maximum Gasteiger partial charge on any atom is 0.126 e. The Hall–Kier alpha value is -0.540. The number of rotatable bonds is 1. The topological polar surface area (TPSA) is 29.5 Å². The molecule has 3 heteroatoms. The minimum absolute atomic E-state index is 0.126. The highest BCUT2D eigenvalue weighted by Crippen LogP contribution is 2.48. The number of ether oxygens (including phenoxy) is 1. The fraction of sp³-hybridized carbons (Fsp3) is 0.625. The van der Waals surface area contributed by atoms with E-state index in [9.17, 15) is 5.11 Å². The quantitative estimate of drug-likeness (QED) is 0.817. The summed E-state index contributed by atoms with van der Waals surface area (Å²) in [6.07, 6.45) is 6.27. The lowest BCUT2D eigenvalue weighted by Crippen LogP contribution is -2.45. The maximum absolute atomic E-state index is 10.5. The van der Waals surface area contributed by atoms with E-state index < -0.39 is 6.10 Å². The second-order valence-corrected chi connectivity index (χ2v) is 6.97. The molecule has 1 aliphatic heterocycles. The largest absolute Gasteiger partial charge is 0.487 e. The fourth-order valence-corrected chi connectivity index (χ4v) is 4.06. The normalized spacial score (nSPS) is 33.8. The van der Waals surface area contributed by atoms with E-state index in [-0.39, 0.29) is 5.60 Å². The number of hydrogen-bond acceptors (Lipinski definition) is 2. The average Bonchev–Trinajstić information content (AvgIpc) is 2.40. The van der Waals surface area contributed by atoms with Crippen LogP contribution in [0, 0.1) is 5.92 Å². The van der Waals surface area contributed by atoms with Gasteiger partial charge in [-0.1, -0.05) is 35.7 Å². The highest BCUT2D eigenvalue weighted by atomic mass is 79.9. The van der Waals surface area contributed by atoms with Gasteiger partial charge in [0, 0.05) is 16.5 Å². The van der Waals surface area contributed by atoms with Crippen molar-refractivity contribution in [3.63, 3.8) is 0 Å². The van der Waals surface area contributed by atoms with Crippen LogP contribution in [0.25, 0.3) is 0 Å². The summed E-state index contributed by atoms with van der Waals surface area (Å²) < 4.78 is 7.34. The first-order valence-electron chi connectivity index (χ1n) is 7.28. The van der Waals surface area contributed by atoms with E-state index in [2.05, 4.69) is 22.9 Å². The van der Waals surface area contributed by atoms with E-state index in [4.69, 9.17) is 4.74 Å². The summed E-state index contributed by atoms with van der Waals surface area (Å²) in [5.41, 5.74) is 0.803. The molecule has 1 fully saturated rings. The highest BCUT2D eigenvalue weighted by Gasteiger charge is 2.43. The number of hydrogen-bond donors (Lipinski definition) is 1. The monoisotopic (exact) mass is 324 g/mol. The van der Waals surface area contributed by atoms with Crippen molar-refractivity contribution in [2.24, 2.45) is 5.92 Å². The van der Waals surface area contributed by atoms with E-state index in [1.807, 2.05) is 18.2 Å². The predicted octanol–water partition coefficient (Wildman–Crippen LogP) is 4.60. The van der Waals surface area contributed by atoms with Gasteiger partial charge in [-0.3, -0.25) is 0 Å². The maximum atomic E-state index is 10.5. The van der Waals surface area contributed by atoms with Crippen molar-refractivity contribution >= 4 is 15.9 Å². The summed E-state index contributed by atoms with van der Waals surface area (Å²) in [5.74, 6) is 1.62. The Morgan fingerprint density at radius 1 is 1.42 bits per heavy atom. The number of aliphatic hydroxyl groups excluding tert-OH is 1. The molecule has 0 radical (unpaired) electrons. The first-order chi connectivity index (χ1) is 9.12. The molecule has 1 spiro atoms. The van der Waals surface area contributed by atoms with E-state index in [0.717, 1.165) is 41.0 Å². The van der Waals surface area contributed by atoms with E-state index >= 15 is 0 Å². The van der Waals surface area contributed by atoms with Crippen LogP contribution in [0.2, 0.25) is 0 Å². The Labute approximate surface area is 123 Å². The molecule has 3 rings (SSSR count). The lowest BCUT2D eigenvalue weighted by Gasteiger charge is -2.45. The van der Waals surface area contributed by atoms with Crippen molar-refractivity contribution in [3.8, 4) is 5.75 Å². The third-order valence-corrected chi connectivity index (χ3v) is 5.20. The van der Waals surface area contributed by atoms with Crippen LogP contribution in [0.3, 0.4) is 0 Å². The van der Waals surface area contributed by atoms with Gasteiger partial charge in [-0.25, -0.2) is 0 Å². The van der Waals surface area contributed by atoms with Crippen LogP contribution in [0.5, 0.6) is 5.75 Å². The molecule has 2 nitrogen and oxygen atoms in total. The second kappa shape index (κ2) is 5.10. The molecule has 0 aromatic heterocycles. The summed E-state index contributed by atoms with van der Waals surface area (Å²) in [6.45, 7) is 2.26. The molecule has 104 valence electrons. The Balaban J connectivity index is 1.89. The van der Waals surface area contributed by atoms with E-state index in [1.165, 1.54) is 19.3 Å². The van der Waals surface area contributed by atoms with E-state index in [1.54, 1.807) is 0 Å².